The van der Waals surface area contributed by atoms with Crippen molar-refractivity contribution >= 4 is 27.6 Å². The number of nitrogens with zero attached hydrogens (tertiary/aromatic N) is 3. The van der Waals surface area contributed by atoms with Crippen molar-refractivity contribution in [1.29, 1.82) is 0 Å². The molecule has 4 rings (SSSR count). The van der Waals surface area contributed by atoms with E-state index < -0.39 is 0 Å². The smallest absolute Gasteiger partial charge is 0.134 e. The second-order valence-electron chi connectivity index (χ2n) is 7.57. The van der Waals surface area contributed by atoms with Crippen LogP contribution in [0.4, 0.5) is 11.6 Å². The van der Waals surface area contributed by atoms with E-state index in [-0.39, 0.29) is 5.41 Å². The molecule has 0 saturated carbocycles. The van der Waals surface area contributed by atoms with E-state index in [4.69, 9.17) is 4.74 Å². The molecule has 1 aromatic carbocycles. The topological polar surface area (TPSA) is 50.3 Å². The van der Waals surface area contributed by atoms with Crippen LogP contribution < -0.4 is 10.2 Å². The zero-order valence-electron chi connectivity index (χ0n) is 15.7. The van der Waals surface area contributed by atoms with E-state index in [1.54, 1.807) is 6.33 Å². The summed E-state index contributed by atoms with van der Waals surface area (Å²) in [7, 11) is 0. The Morgan fingerprint density at radius 3 is 2.67 bits per heavy atom. The van der Waals surface area contributed by atoms with Gasteiger partial charge in [0.15, 0.2) is 0 Å². The molecule has 0 spiro atoms. The van der Waals surface area contributed by atoms with Crippen molar-refractivity contribution in [3.63, 3.8) is 0 Å². The Kier molecular flexibility index (Phi) is 5.93. The summed E-state index contributed by atoms with van der Waals surface area (Å²) in [5.41, 5.74) is 1.43. The number of anilines is 2. The summed E-state index contributed by atoms with van der Waals surface area (Å²) in [5.74, 6) is 1.95. The summed E-state index contributed by atoms with van der Waals surface area (Å²) in [6, 6.07) is 10.8. The van der Waals surface area contributed by atoms with E-state index in [9.17, 15) is 0 Å². The van der Waals surface area contributed by atoms with Crippen molar-refractivity contribution in [3.05, 3.63) is 46.7 Å². The number of benzene rings is 1. The van der Waals surface area contributed by atoms with E-state index in [1.807, 2.05) is 0 Å². The van der Waals surface area contributed by atoms with Crippen LogP contribution >= 0.6 is 15.9 Å². The van der Waals surface area contributed by atoms with Gasteiger partial charge in [0.1, 0.15) is 18.0 Å². The van der Waals surface area contributed by atoms with Gasteiger partial charge >= 0.3 is 0 Å². The summed E-state index contributed by atoms with van der Waals surface area (Å²) in [4.78, 5) is 11.3. The molecule has 6 heteroatoms. The third-order valence-electron chi connectivity index (χ3n) is 5.83. The van der Waals surface area contributed by atoms with E-state index in [1.165, 1.54) is 24.8 Å². The van der Waals surface area contributed by atoms with E-state index in [0.717, 1.165) is 61.8 Å². The number of ether oxygens (including phenoxy) is 1. The van der Waals surface area contributed by atoms with Crippen molar-refractivity contribution in [2.45, 2.75) is 37.5 Å². The van der Waals surface area contributed by atoms with Crippen LogP contribution in [0.1, 0.15) is 37.7 Å². The summed E-state index contributed by atoms with van der Waals surface area (Å²) in [5, 5.41) is 3.60. The van der Waals surface area contributed by atoms with Gasteiger partial charge in [0, 0.05) is 48.8 Å². The lowest BCUT2D eigenvalue weighted by Crippen LogP contribution is -2.40. The Labute approximate surface area is 169 Å². The number of aromatic nitrogens is 2. The maximum Gasteiger partial charge on any atom is 0.134 e. The zero-order chi connectivity index (χ0) is 18.5. The molecule has 0 amide bonds. The summed E-state index contributed by atoms with van der Waals surface area (Å²) in [6.45, 7) is 4.64. The molecule has 27 heavy (non-hydrogen) atoms. The van der Waals surface area contributed by atoms with Crippen molar-refractivity contribution in [1.82, 2.24) is 9.97 Å². The molecule has 0 atom stereocenters. The minimum Gasteiger partial charge on any atom is -0.381 e. The lowest BCUT2D eigenvalue weighted by atomic mass is 9.74. The minimum absolute atomic E-state index is 0.0677. The van der Waals surface area contributed by atoms with Crippen molar-refractivity contribution in [2.75, 3.05) is 43.1 Å². The van der Waals surface area contributed by atoms with Crippen molar-refractivity contribution in [2.24, 2.45) is 0 Å². The first-order chi connectivity index (χ1) is 13.3. The molecule has 1 aromatic heterocycles. The Balaban J connectivity index is 1.51. The third-order valence-corrected chi connectivity index (χ3v) is 6.32. The molecule has 1 N–H and O–H groups in total. The highest BCUT2D eigenvalue weighted by molar-refractivity contribution is 9.10. The number of hydrogen-bond donors (Lipinski definition) is 1. The standard InChI is InChI=1S/C21H27BrN4O/c22-18-6-4-5-17(13-18)21(7-11-27-12-8-21)15-23-19-14-20(25-16-24-19)26-9-2-1-3-10-26/h4-6,13-14,16H,1-3,7-12,15H2,(H,23,24,25). The van der Waals surface area contributed by atoms with Crippen molar-refractivity contribution < 1.29 is 4.74 Å². The molecule has 144 valence electrons. The molecule has 2 aromatic rings. The van der Waals surface area contributed by atoms with Crippen LogP contribution in [0, 0.1) is 0 Å². The lowest BCUT2D eigenvalue weighted by molar-refractivity contribution is 0.0543. The number of halogens is 1. The van der Waals surface area contributed by atoms with Gasteiger partial charge in [-0.25, -0.2) is 9.97 Å². The van der Waals surface area contributed by atoms with Crippen molar-refractivity contribution in [3.8, 4) is 0 Å². The highest BCUT2D eigenvalue weighted by atomic mass is 79.9. The van der Waals surface area contributed by atoms with Crippen LogP contribution in [0.2, 0.25) is 0 Å². The van der Waals surface area contributed by atoms with Crippen LogP contribution in [0.25, 0.3) is 0 Å². The first-order valence-electron chi connectivity index (χ1n) is 9.90. The molecule has 2 aliphatic rings. The van der Waals surface area contributed by atoms with Crippen LogP contribution in [-0.4, -0.2) is 42.8 Å². The number of hydrogen-bond acceptors (Lipinski definition) is 5. The van der Waals surface area contributed by atoms with E-state index >= 15 is 0 Å². The Morgan fingerprint density at radius 1 is 1.07 bits per heavy atom. The molecule has 2 saturated heterocycles. The second-order valence-corrected chi connectivity index (χ2v) is 8.48. The van der Waals surface area contributed by atoms with Gasteiger partial charge in [0.25, 0.3) is 0 Å². The highest BCUT2D eigenvalue weighted by Gasteiger charge is 2.34. The van der Waals surface area contributed by atoms with Gasteiger partial charge in [-0.15, -0.1) is 0 Å². The van der Waals surface area contributed by atoms with E-state index in [2.05, 4.69) is 66.4 Å². The molecule has 0 unspecified atom stereocenters. The largest absolute Gasteiger partial charge is 0.381 e. The average Bonchev–Trinajstić information content (AvgIpc) is 2.74. The normalized spacial score (nSPS) is 19.7. The summed E-state index contributed by atoms with van der Waals surface area (Å²) >= 11 is 3.62. The monoisotopic (exact) mass is 430 g/mol. The Hall–Kier alpha value is -1.66. The third kappa shape index (κ3) is 4.43. The van der Waals surface area contributed by atoms with Gasteiger partial charge < -0.3 is 15.0 Å². The molecule has 0 aliphatic carbocycles. The SMILES string of the molecule is Brc1cccc(C2(CNc3cc(N4CCCCC4)ncn3)CCOCC2)c1. The van der Waals surface area contributed by atoms with Gasteiger partial charge in [-0.05, 0) is 49.8 Å². The molecule has 5 nitrogen and oxygen atoms in total. The zero-order valence-corrected chi connectivity index (χ0v) is 17.2. The van der Waals surface area contributed by atoms with E-state index in [0.29, 0.717) is 0 Å². The average molecular weight is 431 g/mol. The summed E-state index contributed by atoms with van der Waals surface area (Å²) < 4.78 is 6.78. The first-order valence-corrected chi connectivity index (χ1v) is 10.7. The van der Waals surface area contributed by atoms with Crippen LogP contribution in [0.5, 0.6) is 0 Å². The van der Waals surface area contributed by atoms with Crippen LogP contribution in [0.15, 0.2) is 41.1 Å². The lowest BCUT2D eigenvalue weighted by Gasteiger charge is -2.38. The quantitative estimate of drug-likeness (QED) is 0.761. The second kappa shape index (κ2) is 8.57. The maximum atomic E-state index is 5.66. The minimum atomic E-state index is 0.0677. The molecule has 3 heterocycles. The van der Waals surface area contributed by atoms with Gasteiger partial charge in [-0.1, -0.05) is 28.1 Å². The molecule has 2 fully saturated rings. The molecule has 2 aliphatic heterocycles. The fraction of sp³-hybridized carbons (Fsp3) is 0.524. The highest BCUT2D eigenvalue weighted by Crippen LogP contribution is 2.36. The predicted molar refractivity (Wildman–Crippen MR) is 112 cm³/mol. The fourth-order valence-corrected chi connectivity index (χ4v) is 4.55. The maximum absolute atomic E-state index is 5.66. The molecular formula is C21H27BrN4O. The van der Waals surface area contributed by atoms with Gasteiger partial charge in [0.05, 0.1) is 0 Å². The fourth-order valence-electron chi connectivity index (χ4n) is 4.15. The van der Waals surface area contributed by atoms with Crippen LogP contribution in [0.3, 0.4) is 0 Å². The van der Waals surface area contributed by atoms with Gasteiger partial charge in [-0.3, -0.25) is 0 Å². The number of rotatable bonds is 5. The predicted octanol–water partition coefficient (Wildman–Crippen LogP) is 4.39. The Bertz CT molecular complexity index is 757. The van der Waals surface area contributed by atoms with Gasteiger partial charge in [0.2, 0.25) is 0 Å². The Morgan fingerprint density at radius 2 is 1.89 bits per heavy atom. The summed E-state index contributed by atoms with van der Waals surface area (Å²) in [6.07, 6.45) is 7.53. The number of piperidine rings is 1. The molecular weight excluding hydrogens is 404 g/mol. The van der Waals surface area contributed by atoms with Crippen LogP contribution in [-0.2, 0) is 10.2 Å². The molecule has 0 bridgehead atoms. The first kappa shape index (κ1) is 18.7. The van der Waals surface area contributed by atoms with Gasteiger partial charge in [-0.2, -0.15) is 0 Å². The number of nitrogens with one attached hydrogen (secondary N) is 1. The molecule has 0 radical (unpaired) electrons.